The van der Waals surface area contributed by atoms with Crippen LogP contribution in [0.15, 0.2) is 54.6 Å². The van der Waals surface area contributed by atoms with Gasteiger partial charge in [-0.25, -0.2) is 0 Å². The van der Waals surface area contributed by atoms with Gasteiger partial charge >= 0.3 is 0 Å². The third-order valence-electron chi connectivity index (χ3n) is 6.85. The molecule has 1 aliphatic rings. The van der Waals surface area contributed by atoms with Crippen molar-refractivity contribution in [2.45, 2.75) is 33.2 Å². The molecule has 40 heavy (non-hydrogen) atoms. The number of nitriles is 1. The van der Waals surface area contributed by atoms with Crippen LogP contribution in [-0.4, -0.2) is 66.4 Å². The van der Waals surface area contributed by atoms with Crippen LogP contribution in [0.2, 0.25) is 0 Å². The Morgan fingerprint density at radius 2 is 1.75 bits per heavy atom. The molecule has 0 aliphatic carbocycles. The number of anilines is 3. The summed E-state index contributed by atoms with van der Waals surface area (Å²) in [6.07, 6.45) is 0.645. The van der Waals surface area contributed by atoms with Gasteiger partial charge in [0.2, 0.25) is 11.8 Å². The van der Waals surface area contributed by atoms with E-state index in [2.05, 4.69) is 68.2 Å². The predicted molar refractivity (Wildman–Crippen MR) is 162 cm³/mol. The Labute approximate surface area is 240 Å². The maximum absolute atomic E-state index is 12.7. The second-order valence-corrected chi connectivity index (χ2v) is 11.2. The fourth-order valence-corrected chi connectivity index (χ4v) is 5.72. The van der Waals surface area contributed by atoms with Crippen LogP contribution in [0.3, 0.4) is 0 Å². The molecule has 9 nitrogen and oxygen atoms in total. The first-order valence-electron chi connectivity index (χ1n) is 13.6. The number of nitrogens with one attached hydrogen (secondary N) is 3. The number of rotatable bonds is 11. The number of hydrogen-bond acceptors (Lipinski definition) is 8. The number of para-hydroxylation sites is 1. The van der Waals surface area contributed by atoms with Crippen LogP contribution in [0.5, 0.6) is 0 Å². The zero-order chi connectivity index (χ0) is 28.5. The molecule has 1 aliphatic heterocycles. The highest BCUT2D eigenvalue weighted by Gasteiger charge is 2.24. The third kappa shape index (κ3) is 7.81. The highest BCUT2D eigenvalue weighted by Crippen LogP contribution is 2.36. The van der Waals surface area contributed by atoms with E-state index in [1.54, 1.807) is 0 Å². The maximum atomic E-state index is 12.7. The summed E-state index contributed by atoms with van der Waals surface area (Å²) in [5.41, 5.74) is 4.89. The number of benzene rings is 2. The van der Waals surface area contributed by atoms with Gasteiger partial charge in [-0.3, -0.25) is 14.5 Å². The smallest absolute Gasteiger partial charge is 0.243 e. The number of piperazine rings is 1. The quantitative estimate of drug-likeness (QED) is 0.300. The van der Waals surface area contributed by atoms with Crippen molar-refractivity contribution < 1.29 is 9.59 Å². The molecular weight excluding hydrogens is 522 g/mol. The molecule has 10 heteroatoms. The van der Waals surface area contributed by atoms with Crippen molar-refractivity contribution in [1.82, 2.24) is 14.6 Å². The molecule has 2 aromatic carbocycles. The van der Waals surface area contributed by atoms with Crippen molar-refractivity contribution >= 4 is 39.7 Å². The van der Waals surface area contributed by atoms with Crippen LogP contribution in [0.25, 0.3) is 11.1 Å². The van der Waals surface area contributed by atoms with E-state index in [0.29, 0.717) is 18.9 Å². The zero-order valence-electron chi connectivity index (χ0n) is 23.3. The van der Waals surface area contributed by atoms with Gasteiger partial charge in [-0.2, -0.15) is 9.64 Å². The van der Waals surface area contributed by atoms with Crippen molar-refractivity contribution in [3.05, 3.63) is 60.3 Å². The summed E-state index contributed by atoms with van der Waals surface area (Å²) < 4.78 is 4.56. The number of aromatic nitrogens is 1. The minimum Gasteiger partial charge on any atom is -0.369 e. The Hall–Kier alpha value is -3.94. The van der Waals surface area contributed by atoms with Gasteiger partial charge < -0.3 is 20.9 Å². The Morgan fingerprint density at radius 1 is 1.05 bits per heavy atom. The van der Waals surface area contributed by atoms with E-state index in [4.69, 9.17) is 5.26 Å². The van der Waals surface area contributed by atoms with E-state index in [9.17, 15) is 9.59 Å². The monoisotopic (exact) mass is 559 g/mol. The summed E-state index contributed by atoms with van der Waals surface area (Å²) in [4.78, 5) is 29.7. The standard InChI is InChI=1S/C30H37N7O2S/c1-21(2)19-26(29(39)32-14-13-31)34-30-28(22(3)35-40-30)23-9-11-25(12-10-23)37-17-15-36(16-18-37)20-27(38)33-24-7-5-4-6-8-24/h4-12,21,26,34H,14-20H2,1-3H3,(H,32,39)(H,33,38)/t26-/m0/s1. The topological polar surface area (TPSA) is 113 Å². The van der Waals surface area contributed by atoms with E-state index in [-0.39, 0.29) is 18.4 Å². The van der Waals surface area contributed by atoms with Gasteiger partial charge in [0.25, 0.3) is 0 Å². The van der Waals surface area contributed by atoms with Gasteiger partial charge in [0.05, 0.1) is 18.3 Å². The summed E-state index contributed by atoms with van der Waals surface area (Å²) in [6.45, 7) is 9.82. The van der Waals surface area contributed by atoms with Crippen molar-refractivity contribution in [3.63, 3.8) is 0 Å². The number of hydrogen-bond donors (Lipinski definition) is 3. The second kappa shape index (κ2) is 13.9. The Bertz CT molecular complexity index is 1310. The lowest BCUT2D eigenvalue weighted by Gasteiger charge is -2.35. The SMILES string of the molecule is Cc1nsc(N[C@@H](CC(C)C)C(=O)NCC#N)c1-c1ccc(N2CCN(CC(=O)Nc3ccccc3)CC2)cc1. The lowest BCUT2D eigenvalue weighted by Crippen LogP contribution is -2.48. The predicted octanol–water partition coefficient (Wildman–Crippen LogP) is 4.35. The minimum absolute atomic E-state index is 0.00587. The fraction of sp³-hybridized carbons (Fsp3) is 0.400. The van der Waals surface area contributed by atoms with Crippen LogP contribution >= 0.6 is 11.5 Å². The largest absolute Gasteiger partial charge is 0.369 e. The molecule has 3 N–H and O–H groups in total. The van der Waals surface area contributed by atoms with Gasteiger partial charge in [0.15, 0.2) is 0 Å². The summed E-state index contributed by atoms with van der Waals surface area (Å²) in [6, 6.07) is 19.5. The molecule has 210 valence electrons. The first-order valence-corrected chi connectivity index (χ1v) is 14.4. The minimum atomic E-state index is -0.447. The summed E-state index contributed by atoms with van der Waals surface area (Å²) in [5.74, 6) is 0.131. The van der Waals surface area contributed by atoms with E-state index in [1.165, 1.54) is 11.5 Å². The maximum Gasteiger partial charge on any atom is 0.243 e. The summed E-state index contributed by atoms with van der Waals surface area (Å²) >= 11 is 1.35. The molecule has 2 amide bonds. The van der Waals surface area contributed by atoms with Crippen LogP contribution in [0, 0.1) is 24.2 Å². The van der Waals surface area contributed by atoms with Crippen LogP contribution < -0.4 is 20.9 Å². The number of amides is 2. The Kier molecular flexibility index (Phi) is 10.1. The highest BCUT2D eigenvalue weighted by atomic mass is 32.1. The number of carbonyl (C=O) groups is 2. The molecular formula is C30H37N7O2S. The van der Waals surface area contributed by atoms with E-state index >= 15 is 0 Å². The molecule has 4 rings (SSSR count). The van der Waals surface area contributed by atoms with Gasteiger partial charge in [-0.1, -0.05) is 44.2 Å². The van der Waals surface area contributed by atoms with E-state index in [0.717, 1.165) is 59.4 Å². The molecule has 1 fully saturated rings. The number of aryl methyl sites for hydroxylation is 1. The van der Waals surface area contributed by atoms with Crippen molar-refractivity contribution in [1.29, 1.82) is 5.26 Å². The molecule has 0 unspecified atom stereocenters. The van der Waals surface area contributed by atoms with Gasteiger partial charge in [0.1, 0.15) is 17.6 Å². The molecule has 0 bridgehead atoms. The number of carbonyl (C=O) groups excluding carboxylic acids is 2. The molecule has 1 aromatic heterocycles. The van der Waals surface area contributed by atoms with Gasteiger partial charge in [-0.15, -0.1) is 0 Å². The zero-order valence-corrected chi connectivity index (χ0v) is 24.1. The first-order chi connectivity index (χ1) is 19.3. The summed E-state index contributed by atoms with van der Waals surface area (Å²) in [7, 11) is 0. The third-order valence-corrected chi connectivity index (χ3v) is 7.72. The lowest BCUT2D eigenvalue weighted by atomic mass is 10.0. The average Bonchev–Trinajstić information content (AvgIpc) is 3.31. The van der Waals surface area contributed by atoms with E-state index < -0.39 is 6.04 Å². The molecule has 0 spiro atoms. The van der Waals surface area contributed by atoms with Crippen molar-refractivity contribution in [2.75, 3.05) is 54.8 Å². The lowest BCUT2D eigenvalue weighted by molar-refractivity contribution is -0.122. The highest BCUT2D eigenvalue weighted by molar-refractivity contribution is 7.11. The fourth-order valence-electron chi connectivity index (χ4n) is 4.85. The van der Waals surface area contributed by atoms with Crippen molar-refractivity contribution in [3.8, 4) is 17.2 Å². The average molecular weight is 560 g/mol. The Morgan fingerprint density at radius 3 is 2.40 bits per heavy atom. The van der Waals surface area contributed by atoms with Gasteiger partial charge in [-0.05, 0) is 60.6 Å². The van der Waals surface area contributed by atoms with E-state index in [1.807, 2.05) is 43.3 Å². The second-order valence-electron chi connectivity index (χ2n) is 10.4. The molecule has 3 aromatic rings. The summed E-state index contributed by atoms with van der Waals surface area (Å²) in [5, 5.41) is 18.8. The van der Waals surface area contributed by atoms with Gasteiger partial charge in [0, 0.05) is 43.1 Å². The molecule has 2 heterocycles. The van der Waals surface area contributed by atoms with Crippen LogP contribution in [-0.2, 0) is 9.59 Å². The molecule has 1 saturated heterocycles. The Balaban J connectivity index is 1.37. The molecule has 0 radical (unpaired) electrons. The molecule has 0 saturated carbocycles. The first kappa shape index (κ1) is 29.1. The molecule has 1 atom stereocenters. The van der Waals surface area contributed by atoms with Crippen molar-refractivity contribution in [2.24, 2.45) is 5.92 Å². The van der Waals surface area contributed by atoms with Crippen LogP contribution in [0.1, 0.15) is 26.0 Å². The number of nitrogens with zero attached hydrogens (tertiary/aromatic N) is 4. The normalized spacial score (nSPS) is 14.4. The van der Waals surface area contributed by atoms with Crippen LogP contribution in [0.4, 0.5) is 16.4 Å².